The van der Waals surface area contributed by atoms with Crippen molar-refractivity contribution in [2.45, 2.75) is 32.6 Å². The van der Waals surface area contributed by atoms with E-state index >= 15 is 0 Å². The zero-order chi connectivity index (χ0) is 17.6. The van der Waals surface area contributed by atoms with E-state index in [-0.39, 0.29) is 5.91 Å². The number of unbranched alkanes of at least 4 members (excludes halogenated alkanes) is 1. The van der Waals surface area contributed by atoms with Crippen LogP contribution in [0.4, 0.5) is 5.69 Å². The summed E-state index contributed by atoms with van der Waals surface area (Å²) in [7, 11) is -3.26. The molecule has 0 aromatic heterocycles. The first-order chi connectivity index (χ1) is 11.4. The molecule has 0 saturated heterocycles. The normalized spacial score (nSPS) is 13.8. The minimum atomic E-state index is -3.26. The Morgan fingerprint density at radius 2 is 2.04 bits per heavy atom. The van der Waals surface area contributed by atoms with Crippen LogP contribution in [0.2, 0.25) is 0 Å². The standard InChI is InChI=1S/C17H26N2O4S/c1-3-4-11-23-12-5-9-18-17(20)15-6-7-16-14(13-15)8-10-19(16)24(2,21)22/h6-7,13H,3-5,8-12H2,1-2H3,(H,18,20). The van der Waals surface area contributed by atoms with E-state index in [1.165, 1.54) is 10.6 Å². The van der Waals surface area contributed by atoms with Gasteiger partial charge in [-0.3, -0.25) is 9.10 Å². The smallest absolute Gasteiger partial charge is 0.251 e. The number of carbonyl (C=O) groups is 1. The van der Waals surface area contributed by atoms with Crippen LogP contribution < -0.4 is 9.62 Å². The molecular formula is C17H26N2O4S. The van der Waals surface area contributed by atoms with E-state index in [1.54, 1.807) is 18.2 Å². The maximum Gasteiger partial charge on any atom is 0.251 e. The number of carbonyl (C=O) groups excluding carboxylic acids is 1. The molecule has 1 aliphatic heterocycles. The number of fused-ring (bicyclic) bond motifs is 1. The van der Waals surface area contributed by atoms with Crippen LogP contribution in [0.15, 0.2) is 18.2 Å². The number of nitrogens with zero attached hydrogens (tertiary/aromatic N) is 1. The summed E-state index contributed by atoms with van der Waals surface area (Å²) in [5.74, 6) is -0.135. The van der Waals surface area contributed by atoms with Gasteiger partial charge in [-0.1, -0.05) is 13.3 Å². The van der Waals surface area contributed by atoms with Crippen LogP contribution in [0.1, 0.15) is 42.1 Å². The molecule has 2 rings (SSSR count). The van der Waals surface area contributed by atoms with Gasteiger partial charge in [-0.15, -0.1) is 0 Å². The van der Waals surface area contributed by atoms with Crippen LogP contribution in [-0.2, 0) is 21.2 Å². The second-order valence-corrected chi connectivity index (χ2v) is 7.91. The zero-order valence-electron chi connectivity index (χ0n) is 14.4. The molecule has 0 radical (unpaired) electrons. The summed E-state index contributed by atoms with van der Waals surface area (Å²) in [6, 6.07) is 5.18. The number of hydrogen-bond donors (Lipinski definition) is 1. The van der Waals surface area contributed by atoms with E-state index in [4.69, 9.17) is 4.74 Å². The molecule has 0 unspecified atom stereocenters. The van der Waals surface area contributed by atoms with Crippen molar-refractivity contribution in [1.29, 1.82) is 0 Å². The topological polar surface area (TPSA) is 75.7 Å². The predicted octanol–water partition coefficient (Wildman–Crippen LogP) is 1.95. The van der Waals surface area contributed by atoms with Crippen molar-refractivity contribution in [1.82, 2.24) is 5.32 Å². The Labute approximate surface area is 144 Å². The lowest BCUT2D eigenvalue weighted by Gasteiger charge is -2.16. The highest BCUT2D eigenvalue weighted by Gasteiger charge is 2.26. The lowest BCUT2D eigenvalue weighted by molar-refractivity contribution is 0.0940. The number of nitrogens with one attached hydrogen (secondary N) is 1. The third-order valence-electron chi connectivity index (χ3n) is 3.99. The number of amides is 1. The molecule has 24 heavy (non-hydrogen) atoms. The Kier molecular flexibility index (Phi) is 6.62. The Morgan fingerprint density at radius 3 is 2.75 bits per heavy atom. The van der Waals surface area contributed by atoms with E-state index in [0.29, 0.717) is 37.4 Å². The molecule has 1 aromatic rings. The third kappa shape index (κ3) is 4.95. The van der Waals surface area contributed by atoms with Crippen LogP contribution in [0.3, 0.4) is 0 Å². The van der Waals surface area contributed by atoms with Crippen molar-refractivity contribution in [3.05, 3.63) is 29.3 Å². The lowest BCUT2D eigenvalue weighted by atomic mass is 10.1. The largest absolute Gasteiger partial charge is 0.381 e. The molecule has 0 spiro atoms. The summed E-state index contributed by atoms with van der Waals surface area (Å²) in [6.45, 7) is 4.54. The summed E-state index contributed by atoms with van der Waals surface area (Å²) in [5.41, 5.74) is 2.14. The van der Waals surface area contributed by atoms with E-state index < -0.39 is 10.0 Å². The lowest BCUT2D eigenvalue weighted by Crippen LogP contribution is -2.27. The van der Waals surface area contributed by atoms with Crippen molar-refractivity contribution in [3.8, 4) is 0 Å². The summed E-state index contributed by atoms with van der Waals surface area (Å²) in [6.07, 6.45) is 4.79. The zero-order valence-corrected chi connectivity index (χ0v) is 15.2. The Hall–Kier alpha value is -1.60. The van der Waals surface area contributed by atoms with Crippen molar-refractivity contribution < 1.29 is 17.9 Å². The number of ether oxygens (including phenoxy) is 1. The van der Waals surface area contributed by atoms with E-state index in [2.05, 4.69) is 12.2 Å². The molecule has 7 heteroatoms. The van der Waals surface area contributed by atoms with Crippen molar-refractivity contribution >= 4 is 21.6 Å². The second-order valence-electron chi connectivity index (χ2n) is 6.00. The SMILES string of the molecule is CCCCOCCCNC(=O)c1ccc2c(c1)CCN2S(C)(=O)=O. The molecule has 1 N–H and O–H groups in total. The van der Waals surface area contributed by atoms with Crippen LogP contribution >= 0.6 is 0 Å². The summed E-state index contributed by atoms with van der Waals surface area (Å²) >= 11 is 0. The number of rotatable bonds is 9. The van der Waals surface area contributed by atoms with Crippen LogP contribution in [0.25, 0.3) is 0 Å². The Bertz CT molecular complexity index is 673. The highest BCUT2D eigenvalue weighted by atomic mass is 32.2. The van der Waals surface area contributed by atoms with Gasteiger partial charge in [0.25, 0.3) is 5.91 Å². The van der Waals surface area contributed by atoms with Gasteiger partial charge in [0.05, 0.1) is 11.9 Å². The molecule has 0 fully saturated rings. The van der Waals surface area contributed by atoms with Gasteiger partial charge in [-0.2, -0.15) is 0 Å². The first kappa shape index (κ1) is 18.7. The van der Waals surface area contributed by atoms with E-state index in [9.17, 15) is 13.2 Å². The van der Waals surface area contributed by atoms with Gasteiger partial charge in [0.15, 0.2) is 0 Å². The molecular weight excluding hydrogens is 328 g/mol. The molecule has 6 nitrogen and oxygen atoms in total. The molecule has 1 aliphatic rings. The van der Waals surface area contributed by atoms with E-state index in [0.717, 1.165) is 31.4 Å². The summed E-state index contributed by atoms with van der Waals surface area (Å²) < 4.78 is 30.3. The molecule has 0 saturated carbocycles. The maximum atomic E-state index is 12.2. The average Bonchev–Trinajstić information content (AvgIpc) is 2.97. The fraction of sp³-hybridized carbons (Fsp3) is 0.588. The highest BCUT2D eigenvalue weighted by Crippen LogP contribution is 2.30. The van der Waals surface area contributed by atoms with Crippen molar-refractivity contribution in [2.75, 3.05) is 36.9 Å². The van der Waals surface area contributed by atoms with Crippen LogP contribution in [0.5, 0.6) is 0 Å². The molecule has 1 aromatic carbocycles. The maximum absolute atomic E-state index is 12.2. The number of hydrogen-bond acceptors (Lipinski definition) is 4. The number of anilines is 1. The third-order valence-corrected chi connectivity index (χ3v) is 5.17. The van der Waals surface area contributed by atoms with E-state index in [1.807, 2.05) is 0 Å². The number of benzene rings is 1. The fourth-order valence-corrected chi connectivity index (χ4v) is 3.64. The Morgan fingerprint density at radius 1 is 1.29 bits per heavy atom. The minimum Gasteiger partial charge on any atom is -0.381 e. The first-order valence-corrected chi connectivity index (χ1v) is 10.2. The molecule has 0 atom stereocenters. The molecule has 0 bridgehead atoms. The quantitative estimate of drug-likeness (QED) is 0.688. The second kappa shape index (κ2) is 8.48. The van der Waals surface area contributed by atoms with Gasteiger partial charge >= 0.3 is 0 Å². The first-order valence-electron chi connectivity index (χ1n) is 8.40. The van der Waals surface area contributed by atoms with Gasteiger partial charge in [0.2, 0.25) is 10.0 Å². The molecule has 1 amide bonds. The fourth-order valence-electron chi connectivity index (χ4n) is 2.68. The van der Waals surface area contributed by atoms with Crippen LogP contribution in [0, 0.1) is 0 Å². The van der Waals surface area contributed by atoms with Crippen molar-refractivity contribution in [3.63, 3.8) is 0 Å². The highest BCUT2D eigenvalue weighted by molar-refractivity contribution is 7.92. The van der Waals surface area contributed by atoms with Gasteiger partial charge in [-0.05, 0) is 43.0 Å². The number of sulfonamides is 1. The van der Waals surface area contributed by atoms with Gasteiger partial charge < -0.3 is 10.1 Å². The minimum absolute atomic E-state index is 0.135. The Balaban J connectivity index is 1.84. The summed E-state index contributed by atoms with van der Waals surface area (Å²) in [4.78, 5) is 12.2. The summed E-state index contributed by atoms with van der Waals surface area (Å²) in [5, 5.41) is 2.87. The average molecular weight is 354 g/mol. The van der Waals surface area contributed by atoms with Gasteiger partial charge in [-0.25, -0.2) is 8.42 Å². The molecule has 0 aliphatic carbocycles. The monoisotopic (exact) mass is 354 g/mol. The van der Waals surface area contributed by atoms with Crippen molar-refractivity contribution in [2.24, 2.45) is 0 Å². The van der Waals surface area contributed by atoms with Crippen LogP contribution in [-0.4, -0.2) is 46.9 Å². The predicted molar refractivity (Wildman–Crippen MR) is 95.0 cm³/mol. The van der Waals surface area contributed by atoms with Gasteiger partial charge in [0, 0.05) is 31.9 Å². The molecule has 134 valence electrons. The molecule has 1 heterocycles. The van der Waals surface area contributed by atoms with Gasteiger partial charge in [0.1, 0.15) is 0 Å².